The molecule has 0 spiro atoms. The van der Waals surface area contributed by atoms with Gasteiger partial charge < -0.3 is 19.9 Å². The smallest absolute Gasteiger partial charge is 0.318 e. The average Bonchev–Trinajstić information content (AvgIpc) is 3.17. The fourth-order valence-corrected chi connectivity index (χ4v) is 4.47. The maximum absolute atomic E-state index is 12.9. The highest BCUT2D eigenvalue weighted by atomic mass is 16.5. The Morgan fingerprint density at radius 2 is 2.19 bits per heavy atom. The number of nitrogens with zero attached hydrogens (tertiary/aromatic N) is 4. The first-order valence-corrected chi connectivity index (χ1v) is 10.0. The summed E-state index contributed by atoms with van der Waals surface area (Å²) in [6.07, 6.45) is 6.04. The lowest BCUT2D eigenvalue weighted by Gasteiger charge is -2.39. The third kappa shape index (κ3) is 3.68. The molecule has 4 rings (SSSR count). The molecule has 26 heavy (non-hydrogen) atoms. The molecule has 3 heterocycles. The van der Waals surface area contributed by atoms with Gasteiger partial charge in [0.15, 0.2) is 0 Å². The molecular weight excluding hydrogens is 330 g/mol. The molecule has 1 N–H and O–H groups in total. The van der Waals surface area contributed by atoms with Gasteiger partial charge in [-0.1, -0.05) is 19.3 Å². The number of ether oxygens (including phenoxy) is 1. The molecule has 1 aromatic rings. The van der Waals surface area contributed by atoms with Gasteiger partial charge in [0.25, 0.3) is 0 Å². The first-order chi connectivity index (χ1) is 12.6. The number of anilines is 1. The average molecular weight is 361 g/mol. The van der Waals surface area contributed by atoms with Crippen LogP contribution >= 0.6 is 0 Å². The lowest BCUT2D eigenvalue weighted by Crippen LogP contribution is -2.55. The molecule has 7 heteroatoms. The number of carbonyl (C=O) groups is 1. The molecule has 3 fully saturated rings. The maximum Gasteiger partial charge on any atom is 0.318 e. The fourth-order valence-electron chi connectivity index (χ4n) is 4.47. The van der Waals surface area contributed by atoms with E-state index in [0.29, 0.717) is 19.8 Å². The minimum atomic E-state index is 0.0886. The fraction of sp³-hybridized carbons (Fsp3) is 0.789. The van der Waals surface area contributed by atoms with Crippen LogP contribution in [-0.2, 0) is 11.8 Å². The van der Waals surface area contributed by atoms with E-state index in [1.54, 1.807) is 0 Å². The lowest BCUT2D eigenvalue weighted by atomic mass is 9.80. The van der Waals surface area contributed by atoms with E-state index in [-0.39, 0.29) is 18.1 Å². The molecule has 2 aliphatic heterocycles. The predicted molar refractivity (Wildman–Crippen MR) is 100 cm³/mol. The number of amides is 2. The van der Waals surface area contributed by atoms with Gasteiger partial charge in [0.05, 0.1) is 24.9 Å². The summed E-state index contributed by atoms with van der Waals surface area (Å²) >= 11 is 0. The summed E-state index contributed by atoms with van der Waals surface area (Å²) in [5.74, 6) is 1.92. The number of hydrogen-bond donors (Lipinski definition) is 1. The number of hydrogen-bond acceptors (Lipinski definition) is 4. The van der Waals surface area contributed by atoms with Crippen molar-refractivity contribution in [2.45, 2.75) is 51.1 Å². The molecule has 7 nitrogen and oxygen atoms in total. The van der Waals surface area contributed by atoms with Gasteiger partial charge in [-0.2, -0.15) is 5.10 Å². The molecule has 1 saturated carbocycles. The number of aromatic nitrogens is 2. The number of carbonyl (C=O) groups excluding carboxylic acids is 1. The molecule has 3 aliphatic rings. The molecule has 144 valence electrons. The van der Waals surface area contributed by atoms with Gasteiger partial charge in [-0.3, -0.25) is 4.68 Å². The van der Waals surface area contributed by atoms with Crippen molar-refractivity contribution in [1.29, 1.82) is 0 Å². The molecular formula is C19H31N5O2. The van der Waals surface area contributed by atoms with Crippen LogP contribution in [0.25, 0.3) is 0 Å². The van der Waals surface area contributed by atoms with Gasteiger partial charge in [-0.25, -0.2) is 4.79 Å². The van der Waals surface area contributed by atoms with Gasteiger partial charge in [0.2, 0.25) is 0 Å². The Balaban J connectivity index is 1.33. The van der Waals surface area contributed by atoms with Crippen LogP contribution in [0.5, 0.6) is 0 Å². The van der Waals surface area contributed by atoms with E-state index >= 15 is 0 Å². The molecule has 0 radical (unpaired) electrons. The van der Waals surface area contributed by atoms with Crippen molar-refractivity contribution in [2.75, 3.05) is 37.7 Å². The Labute approximate surface area is 155 Å². The Hall–Kier alpha value is -1.76. The molecule has 1 aliphatic carbocycles. The molecule has 2 unspecified atom stereocenters. The summed E-state index contributed by atoms with van der Waals surface area (Å²) in [7, 11) is 1.98. The second-order valence-corrected chi connectivity index (χ2v) is 8.10. The van der Waals surface area contributed by atoms with Crippen LogP contribution in [0.2, 0.25) is 0 Å². The van der Waals surface area contributed by atoms with Gasteiger partial charge in [-0.15, -0.1) is 0 Å². The van der Waals surface area contributed by atoms with Crippen molar-refractivity contribution < 1.29 is 9.53 Å². The summed E-state index contributed by atoms with van der Waals surface area (Å²) in [6.45, 7) is 5.87. The van der Waals surface area contributed by atoms with Crippen molar-refractivity contribution in [1.82, 2.24) is 20.0 Å². The second kappa shape index (κ2) is 7.47. The normalized spacial score (nSPS) is 26.8. The molecule has 2 saturated heterocycles. The zero-order chi connectivity index (χ0) is 18.1. The van der Waals surface area contributed by atoms with Crippen molar-refractivity contribution in [2.24, 2.45) is 13.0 Å². The van der Waals surface area contributed by atoms with E-state index in [1.807, 2.05) is 23.6 Å². The van der Waals surface area contributed by atoms with E-state index < -0.39 is 0 Å². The number of urea groups is 1. The summed E-state index contributed by atoms with van der Waals surface area (Å²) in [5, 5.41) is 7.71. The Morgan fingerprint density at radius 1 is 1.35 bits per heavy atom. The quantitative estimate of drug-likeness (QED) is 0.890. The highest BCUT2D eigenvalue weighted by molar-refractivity contribution is 5.75. The van der Waals surface area contributed by atoms with Gasteiger partial charge in [0, 0.05) is 38.8 Å². The lowest BCUT2D eigenvalue weighted by molar-refractivity contribution is -0.000964. The van der Waals surface area contributed by atoms with Crippen LogP contribution in [0.4, 0.5) is 10.6 Å². The minimum absolute atomic E-state index is 0.0886. The van der Waals surface area contributed by atoms with E-state index in [0.717, 1.165) is 43.4 Å². The molecule has 2 atom stereocenters. The van der Waals surface area contributed by atoms with Gasteiger partial charge in [0.1, 0.15) is 5.82 Å². The second-order valence-electron chi connectivity index (χ2n) is 8.10. The number of nitrogens with one attached hydrogen (secondary N) is 1. The molecule has 1 aromatic heterocycles. The summed E-state index contributed by atoms with van der Waals surface area (Å²) in [6, 6.07) is 2.64. The topological polar surface area (TPSA) is 62.6 Å². The first kappa shape index (κ1) is 17.6. The van der Waals surface area contributed by atoms with Gasteiger partial charge >= 0.3 is 6.03 Å². The van der Waals surface area contributed by atoms with Gasteiger partial charge in [-0.05, 0) is 25.7 Å². The van der Waals surface area contributed by atoms with E-state index in [2.05, 4.69) is 21.4 Å². The number of morpholine rings is 1. The Kier molecular flexibility index (Phi) is 5.07. The van der Waals surface area contributed by atoms with E-state index in [4.69, 9.17) is 4.74 Å². The summed E-state index contributed by atoms with van der Waals surface area (Å²) in [4.78, 5) is 17.2. The summed E-state index contributed by atoms with van der Waals surface area (Å²) < 4.78 is 7.58. The third-order valence-electron chi connectivity index (χ3n) is 6.14. The van der Waals surface area contributed by atoms with Crippen molar-refractivity contribution in [3.8, 4) is 0 Å². The maximum atomic E-state index is 12.9. The molecule has 2 amide bonds. The Bertz CT molecular complexity index is 642. The number of rotatable bonds is 4. The largest absolute Gasteiger partial charge is 0.377 e. The SMILES string of the molecule is Cc1cc(N2CCC(NC(=O)N3CCOCC3CC3CCC3)C2)n(C)n1. The van der Waals surface area contributed by atoms with Crippen LogP contribution in [-0.4, -0.2) is 65.6 Å². The zero-order valence-electron chi connectivity index (χ0n) is 16.0. The first-order valence-electron chi connectivity index (χ1n) is 10.0. The van der Waals surface area contributed by atoms with Crippen molar-refractivity contribution in [3.63, 3.8) is 0 Å². The molecule has 0 aromatic carbocycles. The third-order valence-corrected chi connectivity index (χ3v) is 6.14. The van der Waals surface area contributed by atoms with Crippen LogP contribution in [0.1, 0.15) is 37.8 Å². The van der Waals surface area contributed by atoms with E-state index in [1.165, 1.54) is 19.3 Å². The van der Waals surface area contributed by atoms with Crippen molar-refractivity contribution in [3.05, 3.63) is 11.8 Å². The summed E-state index contributed by atoms with van der Waals surface area (Å²) in [5.41, 5.74) is 1.03. The van der Waals surface area contributed by atoms with Crippen LogP contribution in [0, 0.1) is 12.8 Å². The van der Waals surface area contributed by atoms with Crippen molar-refractivity contribution >= 4 is 11.8 Å². The highest BCUT2D eigenvalue weighted by Gasteiger charge is 2.33. The zero-order valence-corrected chi connectivity index (χ0v) is 16.0. The minimum Gasteiger partial charge on any atom is -0.377 e. The van der Waals surface area contributed by atoms with Crippen LogP contribution in [0.15, 0.2) is 6.07 Å². The number of aryl methyl sites for hydroxylation is 2. The highest BCUT2D eigenvalue weighted by Crippen LogP contribution is 2.32. The van der Waals surface area contributed by atoms with Crippen LogP contribution in [0.3, 0.4) is 0 Å². The molecule has 0 bridgehead atoms. The van der Waals surface area contributed by atoms with Crippen LogP contribution < -0.4 is 10.2 Å². The van der Waals surface area contributed by atoms with E-state index in [9.17, 15) is 4.79 Å². The standard InChI is InChI=1S/C19H31N5O2/c1-14-10-18(22(2)21-14)23-7-6-16(12-23)20-19(25)24-8-9-26-13-17(24)11-15-4-3-5-15/h10,15-17H,3-9,11-13H2,1-2H3,(H,20,25). The monoisotopic (exact) mass is 361 g/mol. The Morgan fingerprint density at radius 3 is 2.88 bits per heavy atom. The predicted octanol–water partition coefficient (Wildman–Crippen LogP) is 1.91.